The molecule has 0 amide bonds. The summed E-state index contributed by atoms with van der Waals surface area (Å²) in [7, 11) is 1.48. The summed E-state index contributed by atoms with van der Waals surface area (Å²) < 4.78 is 44.3. The lowest BCUT2D eigenvalue weighted by molar-refractivity contribution is -0.130. The number of benzene rings is 2. The van der Waals surface area contributed by atoms with Gasteiger partial charge in [-0.05, 0) is 48.5 Å². The third kappa shape index (κ3) is 5.11. The van der Waals surface area contributed by atoms with E-state index in [1.165, 1.54) is 19.2 Å². The lowest BCUT2D eigenvalue weighted by Crippen LogP contribution is -2.34. The van der Waals surface area contributed by atoms with Crippen LogP contribution >= 0.6 is 11.6 Å². The monoisotopic (exact) mass is 339 g/mol. The van der Waals surface area contributed by atoms with E-state index in [1.54, 1.807) is 36.4 Å². The van der Waals surface area contributed by atoms with Gasteiger partial charge in [0.15, 0.2) is 6.04 Å². The first-order chi connectivity index (χ1) is 10.9. The Balaban J connectivity index is 2.19. The Bertz CT molecular complexity index is 700. The van der Waals surface area contributed by atoms with Crippen molar-refractivity contribution in [2.45, 2.75) is 12.2 Å². The molecule has 0 spiro atoms. The maximum atomic E-state index is 13.1. The second-order valence-electron chi connectivity index (χ2n) is 4.62. The lowest BCUT2D eigenvalue weighted by Gasteiger charge is -2.17. The summed E-state index contributed by atoms with van der Waals surface area (Å²) in [5, 5.41) is 2.87. The smallest absolute Gasteiger partial charge is 0.420 e. The number of halogens is 4. The molecular weight excluding hydrogens is 327 g/mol. The summed E-state index contributed by atoms with van der Waals surface area (Å²) in [4.78, 5) is 0. The topological polar surface area (TPSA) is 21.3 Å². The van der Waals surface area contributed by atoms with Crippen molar-refractivity contribution in [2.24, 2.45) is 0 Å². The molecule has 1 atom stereocenters. The molecule has 0 fully saturated rings. The quantitative estimate of drug-likeness (QED) is 0.815. The van der Waals surface area contributed by atoms with Crippen molar-refractivity contribution in [3.8, 4) is 17.6 Å². The normalized spacial score (nSPS) is 12.0. The third-order valence-corrected chi connectivity index (χ3v) is 3.19. The fourth-order valence-corrected chi connectivity index (χ4v) is 1.87. The first-order valence-corrected chi connectivity index (χ1v) is 7.01. The highest BCUT2D eigenvalue weighted by atomic mass is 35.5. The fourth-order valence-electron chi connectivity index (χ4n) is 1.74. The standard InChI is InChI=1S/C17H13ClF3NO/c1-23-15-9-7-14(8-10-15)22-16(17(19,20)21)11-4-12-2-5-13(18)6-3-12/h2-3,5-10,16,22H,1H3/t16-/m0/s1. The molecule has 0 aliphatic heterocycles. The van der Waals surface area contributed by atoms with Crippen LogP contribution in [0.25, 0.3) is 0 Å². The van der Waals surface area contributed by atoms with Crippen LogP contribution in [0, 0.1) is 11.8 Å². The Labute approximate surface area is 137 Å². The van der Waals surface area contributed by atoms with E-state index in [1.807, 2.05) is 0 Å². The zero-order chi connectivity index (χ0) is 16.9. The minimum Gasteiger partial charge on any atom is -0.497 e. The summed E-state index contributed by atoms with van der Waals surface area (Å²) in [6.45, 7) is 0. The molecule has 0 heterocycles. The molecule has 0 saturated heterocycles. The van der Waals surface area contributed by atoms with Crippen molar-refractivity contribution in [1.82, 2.24) is 0 Å². The summed E-state index contributed by atoms with van der Waals surface area (Å²) in [5.41, 5.74) is 0.763. The van der Waals surface area contributed by atoms with Gasteiger partial charge in [0.1, 0.15) is 5.75 Å². The number of rotatable bonds is 3. The van der Waals surface area contributed by atoms with E-state index in [0.29, 0.717) is 22.0 Å². The van der Waals surface area contributed by atoms with E-state index >= 15 is 0 Å². The van der Waals surface area contributed by atoms with Gasteiger partial charge in [-0.1, -0.05) is 23.4 Å². The number of hydrogen-bond donors (Lipinski definition) is 1. The van der Waals surface area contributed by atoms with Crippen molar-refractivity contribution >= 4 is 17.3 Å². The zero-order valence-electron chi connectivity index (χ0n) is 12.1. The summed E-state index contributed by atoms with van der Waals surface area (Å²) in [6.07, 6.45) is -4.50. The maximum Gasteiger partial charge on any atom is 0.420 e. The first kappa shape index (κ1) is 17.0. The largest absolute Gasteiger partial charge is 0.497 e. The van der Waals surface area contributed by atoms with Crippen LogP contribution in [-0.4, -0.2) is 19.3 Å². The van der Waals surface area contributed by atoms with Gasteiger partial charge in [-0.15, -0.1) is 0 Å². The van der Waals surface area contributed by atoms with Gasteiger partial charge in [0, 0.05) is 16.3 Å². The summed E-state index contributed by atoms with van der Waals surface area (Å²) in [5.74, 6) is 5.28. The van der Waals surface area contributed by atoms with E-state index in [9.17, 15) is 13.2 Å². The molecule has 2 aromatic rings. The number of anilines is 1. The van der Waals surface area contributed by atoms with E-state index in [2.05, 4.69) is 17.2 Å². The van der Waals surface area contributed by atoms with Gasteiger partial charge in [-0.2, -0.15) is 13.2 Å². The predicted molar refractivity (Wildman–Crippen MR) is 84.8 cm³/mol. The number of alkyl halides is 3. The number of methoxy groups -OCH3 is 1. The summed E-state index contributed by atoms with van der Waals surface area (Å²) >= 11 is 5.73. The lowest BCUT2D eigenvalue weighted by atomic mass is 10.2. The van der Waals surface area contributed by atoms with Gasteiger partial charge in [-0.25, -0.2) is 0 Å². The maximum absolute atomic E-state index is 13.1. The van der Waals surface area contributed by atoms with E-state index in [0.717, 1.165) is 0 Å². The van der Waals surface area contributed by atoms with Gasteiger partial charge in [0.05, 0.1) is 7.11 Å². The van der Waals surface area contributed by atoms with Crippen molar-refractivity contribution < 1.29 is 17.9 Å². The summed E-state index contributed by atoms with van der Waals surface area (Å²) in [6, 6.07) is 10.4. The Morgan fingerprint density at radius 2 is 1.65 bits per heavy atom. The zero-order valence-corrected chi connectivity index (χ0v) is 12.9. The molecule has 0 unspecified atom stereocenters. The van der Waals surface area contributed by atoms with Crippen molar-refractivity contribution in [3.05, 3.63) is 59.1 Å². The van der Waals surface area contributed by atoms with Gasteiger partial charge in [-0.3, -0.25) is 0 Å². The molecule has 0 saturated carbocycles. The van der Waals surface area contributed by atoms with Crippen LogP contribution in [-0.2, 0) is 0 Å². The highest BCUT2D eigenvalue weighted by molar-refractivity contribution is 6.30. The van der Waals surface area contributed by atoms with Crippen molar-refractivity contribution in [1.29, 1.82) is 0 Å². The molecule has 0 bridgehead atoms. The average molecular weight is 340 g/mol. The van der Waals surface area contributed by atoms with Crippen LogP contribution in [0.2, 0.25) is 5.02 Å². The molecular formula is C17H13ClF3NO. The molecule has 2 rings (SSSR count). The Morgan fingerprint density at radius 1 is 1.04 bits per heavy atom. The van der Waals surface area contributed by atoms with Crippen LogP contribution in [0.1, 0.15) is 5.56 Å². The number of ether oxygens (including phenoxy) is 1. The van der Waals surface area contributed by atoms with Crippen molar-refractivity contribution in [3.63, 3.8) is 0 Å². The molecule has 6 heteroatoms. The van der Waals surface area contributed by atoms with E-state index < -0.39 is 12.2 Å². The highest BCUT2D eigenvalue weighted by Crippen LogP contribution is 2.24. The third-order valence-electron chi connectivity index (χ3n) is 2.93. The first-order valence-electron chi connectivity index (χ1n) is 6.63. The molecule has 0 radical (unpaired) electrons. The Kier molecular flexibility index (Phi) is 5.41. The van der Waals surface area contributed by atoms with Gasteiger partial charge >= 0.3 is 6.18 Å². The van der Waals surface area contributed by atoms with Gasteiger partial charge < -0.3 is 10.1 Å². The minimum atomic E-state index is -4.50. The van der Waals surface area contributed by atoms with Crippen LogP contribution in [0.5, 0.6) is 5.75 Å². The number of nitrogens with one attached hydrogen (secondary N) is 1. The van der Waals surface area contributed by atoms with Gasteiger partial charge in [0.25, 0.3) is 0 Å². The average Bonchev–Trinajstić information content (AvgIpc) is 2.52. The molecule has 23 heavy (non-hydrogen) atoms. The molecule has 2 nitrogen and oxygen atoms in total. The molecule has 0 aromatic heterocycles. The highest BCUT2D eigenvalue weighted by Gasteiger charge is 2.38. The molecule has 2 aromatic carbocycles. The second-order valence-corrected chi connectivity index (χ2v) is 5.06. The van der Waals surface area contributed by atoms with Crippen LogP contribution < -0.4 is 10.1 Å². The SMILES string of the molecule is COc1ccc(N[C@@H](C#Cc2ccc(Cl)cc2)C(F)(F)F)cc1. The predicted octanol–water partition coefficient (Wildman–Crippen LogP) is 4.74. The Hall–Kier alpha value is -2.32. The molecule has 0 aliphatic rings. The van der Waals surface area contributed by atoms with Crippen LogP contribution in [0.3, 0.4) is 0 Å². The van der Waals surface area contributed by atoms with E-state index in [-0.39, 0.29) is 0 Å². The molecule has 120 valence electrons. The van der Waals surface area contributed by atoms with Gasteiger partial charge in [0.2, 0.25) is 0 Å². The Morgan fingerprint density at radius 3 is 2.17 bits per heavy atom. The van der Waals surface area contributed by atoms with Crippen LogP contribution in [0.15, 0.2) is 48.5 Å². The van der Waals surface area contributed by atoms with Crippen molar-refractivity contribution in [2.75, 3.05) is 12.4 Å². The molecule has 0 aliphatic carbocycles. The number of hydrogen-bond acceptors (Lipinski definition) is 2. The fraction of sp³-hybridized carbons (Fsp3) is 0.176. The van der Waals surface area contributed by atoms with E-state index in [4.69, 9.17) is 16.3 Å². The second kappa shape index (κ2) is 7.30. The molecule has 1 N–H and O–H groups in total. The minimum absolute atomic E-state index is 0.304. The van der Waals surface area contributed by atoms with Crippen LogP contribution in [0.4, 0.5) is 18.9 Å².